The molecule has 5 nitrogen and oxygen atoms in total. The molecule has 0 saturated heterocycles. The number of benzene rings is 3. The first-order valence-corrected chi connectivity index (χ1v) is 9.45. The lowest BCUT2D eigenvalue weighted by Gasteiger charge is -2.14. The molecule has 32 heavy (non-hydrogen) atoms. The standard InChI is InChI=1S/C23H15F4N3O2/c24-17-7-3-1-5-15(17)19-16-6-2-4-8-18(16)28-22(32)20(29-19)30-21(31)13-9-11-14(12-10-13)23(25,26)27/h1-12,20H,(H,28,32)(H,30,31)/t20-/m1/s1. The molecule has 0 fully saturated rings. The Balaban J connectivity index is 1.69. The highest BCUT2D eigenvalue weighted by Gasteiger charge is 2.31. The smallest absolute Gasteiger partial charge is 0.322 e. The van der Waals surface area contributed by atoms with Crippen LogP contribution in [0.25, 0.3) is 0 Å². The van der Waals surface area contributed by atoms with Crippen molar-refractivity contribution >= 4 is 23.2 Å². The number of amides is 2. The number of anilines is 1. The molecule has 0 bridgehead atoms. The molecule has 2 amide bonds. The third kappa shape index (κ3) is 4.22. The van der Waals surface area contributed by atoms with Crippen molar-refractivity contribution in [1.82, 2.24) is 5.32 Å². The number of benzodiazepines with no additional fused rings is 1. The van der Waals surface area contributed by atoms with Crippen LogP contribution in [0.5, 0.6) is 0 Å². The molecule has 4 rings (SSSR count). The number of hydrogen-bond donors (Lipinski definition) is 2. The molecule has 162 valence electrons. The Labute approximate surface area is 179 Å². The summed E-state index contributed by atoms with van der Waals surface area (Å²) in [4.78, 5) is 29.6. The van der Waals surface area contributed by atoms with E-state index in [-0.39, 0.29) is 16.8 Å². The van der Waals surface area contributed by atoms with E-state index < -0.39 is 35.5 Å². The van der Waals surface area contributed by atoms with Gasteiger partial charge in [-0.15, -0.1) is 0 Å². The van der Waals surface area contributed by atoms with E-state index in [2.05, 4.69) is 15.6 Å². The Hall–Kier alpha value is -4.01. The molecule has 1 heterocycles. The monoisotopic (exact) mass is 441 g/mol. The quantitative estimate of drug-likeness (QED) is 0.592. The molecule has 9 heteroatoms. The van der Waals surface area contributed by atoms with Gasteiger partial charge in [0.15, 0.2) is 0 Å². The van der Waals surface area contributed by atoms with Gasteiger partial charge in [0.1, 0.15) is 5.82 Å². The van der Waals surface area contributed by atoms with Crippen molar-refractivity contribution in [3.63, 3.8) is 0 Å². The van der Waals surface area contributed by atoms with Gasteiger partial charge >= 0.3 is 6.18 Å². The summed E-state index contributed by atoms with van der Waals surface area (Å²) in [7, 11) is 0. The molecule has 0 radical (unpaired) electrons. The highest BCUT2D eigenvalue weighted by atomic mass is 19.4. The van der Waals surface area contributed by atoms with Gasteiger partial charge in [0.25, 0.3) is 11.8 Å². The van der Waals surface area contributed by atoms with E-state index >= 15 is 0 Å². The summed E-state index contributed by atoms with van der Waals surface area (Å²) in [5.41, 5.74) is 0.120. The van der Waals surface area contributed by atoms with Crippen LogP contribution in [0.1, 0.15) is 27.0 Å². The summed E-state index contributed by atoms with van der Waals surface area (Å²) in [6, 6.07) is 16.1. The highest BCUT2D eigenvalue weighted by molar-refractivity contribution is 6.20. The van der Waals surface area contributed by atoms with Crippen LogP contribution in [0.4, 0.5) is 23.2 Å². The number of hydrogen-bond acceptors (Lipinski definition) is 3. The maximum absolute atomic E-state index is 14.5. The van der Waals surface area contributed by atoms with Crippen molar-refractivity contribution in [2.45, 2.75) is 12.3 Å². The number of carbonyl (C=O) groups excluding carboxylic acids is 2. The zero-order chi connectivity index (χ0) is 22.9. The average Bonchev–Trinajstić information content (AvgIpc) is 2.90. The van der Waals surface area contributed by atoms with E-state index in [1.807, 2.05) is 0 Å². The first-order valence-electron chi connectivity index (χ1n) is 9.45. The van der Waals surface area contributed by atoms with Crippen molar-refractivity contribution in [2.24, 2.45) is 4.99 Å². The summed E-state index contributed by atoms with van der Waals surface area (Å²) in [6.07, 6.45) is -5.98. The number of nitrogens with one attached hydrogen (secondary N) is 2. The second-order valence-corrected chi connectivity index (χ2v) is 6.94. The van der Waals surface area contributed by atoms with Crippen LogP contribution in [0, 0.1) is 5.82 Å². The maximum Gasteiger partial charge on any atom is 0.416 e. The molecule has 3 aromatic carbocycles. The van der Waals surface area contributed by atoms with Gasteiger partial charge in [0, 0.05) is 16.7 Å². The lowest BCUT2D eigenvalue weighted by molar-refractivity contribution is -0.137. The van der Waals surface area contributed by atoms with Gasteiger partial charge in [-0.05, 0) is 42.5 Å². The fraction of sp³-hybridized carbons (Fsp3) is 0.0870. The minimum absolute atomic E-state index is 0.0878. The number of nitrogens with zero attached hydrogens (tertiary/aromatic N) is 1. The Bertz CT molecular complexity index is 1220. The van der Waals surface area contributed by atoms with Crippen LogP contribution in [-0.4, -0.2) is 23.7 Å². The van der Waals surface area contributed by atoms with Gasteiger partial charge in [-0.2, -0.15) is 13.2 Å². The second kappa shape index (κ2) is 8.26. The van der Waals surface area contributed by atoms with E-state index in [0.717, 1.165) is 24.3 Å². The summed E-state index contributed by atoms with van der Waals surface area (Å²) in [6.45, 7) is 0. The van der Waals surface area contributed by atoms with Gasteiger partial charge in [-0.1, -0.05) is 30.3 Å². The van der Waals surface area contributed by atoms with Gasteiger partial charge in [0.2, 0.25) is 6.17 Å². The SMILES string of the molecule is O=C(N[C@H]1N=C(c2ccccc2F)c2ccccc2NC1=O)c1ccc(C(F)(F)F)cc1. The van der Waals surface area contributed by atoms with E-state index in [9.17, 15) is 27.2 Å². The molecule has 0 unspecified atom stereocenters. The first kappa shape index (κ1) is 21.2. The van der Waals surface area contributed by atoms with Crippen molar-refractivity contribution in [3.8, 4) is 0 Å². The zero-order valence-corrected chi connectivity index (χ0v) is 16.3. The van der Waals surface area contributed by atoms with Gasteiger partial charge in [-0.3, -0.25) is 9.59 Å². The number of alkyl halides is 3. The Morgan fingerprint density at radius 3 is 2.19 bits per heavy atom. The Morgan fingerprint density at radius 2 is 1.53 bits per heavy atom. The van der Waals surface area contributed by atoms with Crippen LogP contribution in [-0.2, 0) is 11.0 Å². The molecule has 0 spiro atoms. The third-order valence-corrected chi connectivity index (χ3v) is 4.82. The molecule has 1 aliphatic rings. The lowest BCUT2D eigenvalue weighted by atomic mass is 10.0. The number of para-hydroxylation sites is 1. The summed E-state index contributed by atoms with van der Waals surface area (Å²) in [5, 5.41) is 5.03. The van der Waals surface area contributed by atoms with Crippen LogP contribution >= 0.6 is 0 Å². The third-order valence-electron chi connectivity index (χ3n) is 4.82. The normalized spacial score (nSPS) is 15.8. The fourth-order valence-electron chi connectivity index (χ4n) is 3.24. The molecule has 0 saturated carbocycles. The van der Waals surface area contributed by atoms with Crippen LogP contribution < -0.4 is 10.6 Å². The Morgan fingerprint density at radius 1 is 0.906 bits per heavy atom. The Kier molecular flexibility index (Phi) is 5.48. The van der Waals surface area contributed by atoms with Gasteiger partial charge in [0.05, 0.1) is 17.0 Å². The predicted molar refractivity (Wildman–Crippen MR) is 110 cm³/mol. The number of fused-ring (bicyclic) bond motifs is 1. The molecule has 1 atom stereocenters. The van der Waals surface area contributed by atoms with Crippen molar-refractivity contribution in [1.29, 1.82) is 0 Å². The number of rotatable bonds is 3. The van der Waals surface area contributed by atoms with Crippen LogP contribution in [0.15, 0.2) is 77.8 Å². The van der Waals surface area contributed by atoms with E-state index in [1.54, 1.807) is 30.3 Å². The molecule has 1 aliphatic heterocycles. The fourth-order valence-corrected chi connectivity index (χ4v) is 3.24. The van der Waals surface area contributed by atoms with Gasteiger partial charge in [-0.25, -0.2) is 9.38 Å². The van der Waals surface area contributed by atoms with E-state index in [4.69, 9.17) is 0 Å². The number of halogens is 4. The van der Waals surface area contributed by atoms with Crippen molar-refractivity contribution in [3.05, 3.63) is 101 Å². The first-order chi connectivity index (χ1) is 15.2. The minimum Gasteiger partial charge on any atom is -0.322 e. The van der Waals surface area contributed by atoms with Crippen molar-refractivity contribution in [2.75, 3.05) is 5.32 Å². The van der Waals surface area contributed by atoms with E-state index in [0.29, 0.717) is 11.3 Å². The highest BCUT2D eigenvalue weighted by Crippen LogP contribution is 2.29. The minimum atomic E-state index is -4.54. The summed E-state index contributed by atoms with van der Waals surface area (Å²) >= 11 is 0. The van der Waals surface area contributed by atoms with Crippen LogP contribution in [0.3, 0.4) is 0 Å². The molecular formula is C23H15F4N3O2. The maximum atomic E-state index is 14.5. The van der Waals surface area contributed by atoms with Crippen LogP contribution in [0.2, 0.25) is 0 Å². The lowest BCUT2D eigenvalue weighted by Crippen LogP contribution is -2.42. The average molecular weight is 441 g/mol. The molecular weight excluding hydrogens is 426 g/mol. The number of carbonyl (C=O) groups is 2. The molecule has 3 aromatic rings. The molecule has 0 aromatic heterocycles. The topological polar surface area (TPSA) is 70.6 Å². The largest absolute Gasteiger partial charge is 0.416 e. The molecule has 0 aliphatic carbocycles. The second-order valence-electron chi connectivity index (χ2n) is 6.94. The van der Waals surface area contributed by atoms with Gasteiger partial charge < -0.3 is 10.6 Å². The zero-order valence-electron chi connectivity index (χ0n) is 16.3. The van der Waals surface area contributed by atoms with Crippen molar-refractivity contribution < 1.29 is 27.2 Å². The summed E-state index contributed by atoms with van der Waals surface area (Å²) < 4.78 is 52.8. The number of aliphatic imine (C=N–C) groups is 1. The summed E-state index contributed by atoms with van der Waals surface area (Å²) in [5.74, 6) is -2.05. The predicted octanol–water partition coefficient (Wildman–Crippen LogP) is 4.39. The molecule has 2 N–H and O–H groups in total. The van der Waals surface area contributed by atoms with E-state index in [1.165, 1.54) is 18.2 Å².